The molecule has 1 saturated heterocycles. The van der Waals surface area contributed by atoms with Gasteiger partial charge in [-0.15, -0.1) is 0 Å². The molecule has 3 aromatic carbocycles. The van der Waals surface area contributed by atoms with Crippen molar-refractivity contribution in [2.75, 3.05) is 20.2 Å². The number of hydrogen-bond acceptors (Lipinski definition) is 11. The molecule has 1 unspecified atom stereocenters. The van der Waals surface area contributed by atoms with Crippen LogP contribution in [-0.4, -0.2) is 60.1 Å². The monoisotopic (exact) mass is 831 g/mol. The summed E-state index contributed by atoms with van der Waals surface area (Å²) in [6, 6.07) is 1.62. The Morgan fingerprint density at radius 3 is 1.86 bits per heavy atom. The van der Waals surface area contributed by atoms with Crippen LogP contribution in [0.25, 0.3) is 0 Å². The highest BCUT2D eigenvalue weighted by Gasteiger charge is 2.35. The highest BCUT2D eigenvalue weighted by Crippen LogP contribution is 2.45. The number of carbonyl (C=O) groups is 5. The molecule has 5 rings (SSSR count). The molecule has 1 fully saturated rings. The van der Waals surface area contributed by atoms with Gasteiger partial charge in [0.05, 0.1) is 18.2 Å². The molecule has 1 aliphatic carbocycles. The van der Waals surface area contributed by atoms with Crippen LogP contribution in [-0.2, 0) is 14.3 Å². The average Bonchev–Trinajstić information content (AvgIpc) is 3.13. The van der Waals surface area contributed by atoms with Crippen molar-refractivity contribution in [3.8, 4) is 23.0 Å². The Labute approximate surface area is 334 Å². The predicted molar refractivity (Wildman–Crippen MR) is 211 cm³/mol. The van der Waals surface area contributed by atoms with E-state index in [2.05, 4.69) is 21.2 Å². The van der Waals surface area contributed by atoms with Crippen molar-refractivity contribution in [3.63, 3.8) is 0 Å². The van der Waals surface area contributed by atoms with E-state index in [9.17, 15) is 34.2 Å². The van der Waals surface area contributed by atoms with Crippen LogP contribution in [0.15, 0.2) is 34.0 Å². The van der Waals surface area contributed by atoms with Crippen LogP contribution in [0.5, 0.6) is 23.0 Å². The fraction of sp³-hybridized carbons (Fsp3) is 0.372. The van der Waals surface area contributed by atoms with Crippen LogP contribution in [0.4, 0.5) is 0 Å². The summed E-state index contributed by atoms with van der Waals surface area (Å²) in [5, 5.41) is 24.6. The molecule has 0 bridgehead atoms. The second-order valence-corrected chi connectivity index (χ2v) is 15.2. The zero-order chi connectivity index (χ0) is 41.5. The van der Waals surface area contributed by atoms with E-state index in [-0.39, 0.29) is 44.6 Å². The molecule has 1 heterocycles. The number of phenols is 1. The van der Waals surface area contributed by atoms with Gasteiger partial charge in [-0.2, -0.15) is 0 Å². The molecule has 12 nitrogen and oxygen atoms in total. The largest absolute Gasteiger partial charge is 0.506 e. The number of carbonyl (C=O) groups excluding carboxylic acids is 4. The van der Waals surface area contributed by atoms with Crippen molar-refractivity contribution >= 4 is 45.6 Å². The number of aromatic hydroxyl groups is 1. The van der Waals surface area contributed by atoms with E-state index in [1.165, 1.54) is 19.3 Å². The number of nitrogens with one attached hydrogen (secondary N) is 1. The summed E-state index contributed by atoms with van der Waals surface area (Å²) in [6.45, 7) is 16.6. The quantitative estimate of drug-likeness (QED) is 0.141. The van der Waals surface area contributed by atoms with Crippen molar-refractivity contribution < 1.29 is 53.1 Å². The summed E-state index contributed by atoms with van der Waals surface area (Å²) in [6.07, 6.45) is 3.94. The fourth-order valence-corrected chi connectivity index (χ4v) is 8.33. The molecule has 2 aliphatic rings. The lowest BCUT2D eigenvalue weighted by molar-refractivity contribution is -0.137. The van der Waals surface area contributed by atoms with Gasteiger partial charge in [0.25, 0.3) is 0 Å². The molecule has 1 aliphatic heterocycles. The molecule has 56 heavy (non-hydrogen) atoms. The summed E-state index contributed by atoms with van der Waals surface area (Å²) in [4.78, 5) is 65.6. The van der Waals surface area contributed by atoms with E-state index >= 15 is 0 Å². The summed E-state index contributed by atoms with van der Waals surface area (Å²) < 4.78 is 23.2. The third-order valence-electron chi connectivity index (χ3n) is 11.1. The molecule has 13 heteroatoms. The fourth-order valence-electron chi connectivity index (χ4n) is 7.75. The van der Waals surface area contributed by atoms with Crippen LogP contribution in [0.1, 0.15) is 107 Å². The molecule has 0 spiro atoms. The van der Waals surface area contributed by atoms with Crippen LogP contribution in [0.3, 0.4) is 0 Å². The van der Waals surface area contributed by atoms with Crippen molar-refractivity contribution in [1.29, 1.82) is 0 Å². The van der Waals surface area contributed by atoms with Gasteiger partial charge in [0.2, 0.25) is 0 Å². The number of carboxylic acids is 1. The first-order chi connectivity index (χ1) is 26.3. The molecule has 0 aromatic heterocycles. The number of ketones is 1. The number of phenolic OH excluding ortho intramolecular Hbond substituents is 1. The third kappa shape index (κ3) is 7.62. The van der Waals surface area contributed by atoms with Gasteiger partial charge in [0, 0.05) is 11.6 Å². The molecule has 0 saturated carbocycles. The number of rotatable bonds is 9. The summed E-state index contributed by atoms with van der Waals surface area (Å²) in [5.41, 5.74) is 5.26. The second kappa shape index (κ2) is 16.4. The van der Waals surface area contributed by atoms with Crippen molar-refractivity contribution in [2.24, 2.45) is 5.92 Å². The summed E-state index contributed by atoms with van der Waals surface area (Å²) >= 11 is 3.32. The van der Waals surface area contributed by atoms with Crippen molar-refractivity contribution in [1.82, 2.24) is 5.32 Å². The van der Waals surface area contributed by atoms with Crippen molar-refractivity contribution in [3.05, 3.63) is 101 Å². The Morgan fingerprint density at radius 1 is 0.732 bits per heavy atom. The van der Waals surface area contributed by atoms with Gasteiger partial charge in [-0.05, 0) is 172 Å². The lowest BCUT2D eigenvalue weighted by Gasteiger charge is -2.28. The number of piperidine rings is 1. The minimum Gasteiger partial charge on any atom is -0.506 e. The first-order valence-electron chi connectivity index (χ1n) is 18.2. The zero-order valence-electron chi connectivity index (χ0n) is 33.2. The van der Waals surface area contributed by atoms with E-state index < -0.39 is 35.5 Å². The smallest absolute Gasteiger partial charge is 0.347 e. The van der Waals surface area contributed by atoms with Crippen LogP contribution in [0.2, 0.25) is 0 Å². The zero-order valence-corrected chi connectivity index (χ0v) is 34.7. The molecule has 3 N–H and O–H groups in total. The number of hydrogen-bond donors (Lipinski definition) is 3. The minimum atomic E-state index is -1.06. The molecular weight excluding hydrogens is 786 g/mol. The topological polar surface area (TPSA) is 175 Å². The first-order valence-corrected chi connectivity index (χ1v) is 18.9. The summed E-state index contributed by atoms with van der Waals surface area (Å²) in [5.74, 6) is -4.56. The lowest BCUT2D eigenvalue weighted by Crippen LogP contribution is -2.28. The number of allylic oxidation sites excluding steroid dienone is 2. The number of methoxy groups -OCH3 is 1. The number of aromatic carboxylic acids is 1. The number of ether oxygens (including phenoxy) is 4. The predicted octanol–water partition coefficient (Wildman–Crippen LogP) is 7.81. The van der Waals surface area contributed by atoms with Gasteiger partial charge in [-0.25, -0.2) is 14.4 Å². The first kappa shape index (κ1) is 41.9. The number of esters is 3. The van der Waals surface area contributed by atoms with Crippen molar-refractivity contribution in [2.45, 2.75) is 81.1 Å². The molecule has 0 radical (unpaired) electrons. The van der Waals surface area contributed by atoms with Gasteiger partial charge in [-0.1, -0.05) is 0 Å². The van der Waals surface area contributed by atoms with Gasteiger partial charge in [-0.3, -0.25) is 9.59 Å². The van der Waals surface area contributed by atoms with E-state index in [0.717, 1.165) is 0 Å². The highest BCUT2D eigenvalue weighted by atomic mass is 79.9. The minimum absolute atomic E-state index is 0.0138. The van der Waals surface area contributed by atoms with Gasteiger partial charge >= 0.3 is 23.9 Å². The molecule has 296 valence electrons. The lowest BCUT2D eigenvalue weighted by atomic mass is 9.83. The van der Waals surface area contributed by atoms with Gasteiger partial charge < -0.3 is 34.5 Å². The molecular formula is C43H46BrNO11. The average molecular weight is 833 g/mol. The van der Waals surface area contributed by atoms with Crippen LogP contribution < -0.4 is 19.5 Å². The maximum absolute atomic E-state index is 14.1. The van der Waals surface area contributed by atoms with E-state index in [4.69, 9.17) is 18.9 Å². The van der Waals surface area contributed by atoms with E-state index in [0.29, 0.717) is 92.9 Å². The van der Waals surface area contributed by atoms with E-state index in [1.807, 2.05) is 0 Å². The van der Waals surface area contributed by atoms with Crippen LogP contribution in [0, 0.1) is 61.3 Å². The Kier molecular flexibility index (Phi) is 12.3. The highest BCUT2D eigenvalue weighted by molar-refractivity contribution is 9.10. The Bertz CT molecular complexity index is 2220. The maximum atomic E-state index is 14.1. The maximum Gasteiger partial charge on any atom is 0.347 e. The molecule has 0 amide bonds. The standard InChI is InChI=1S/C43H46BrNO11/c1-18-15-28(46)17-29(53-10)32(18)42(51)56-39-25(8)22(5)35(37(47)36(39)44)43(52)54-30-16-19(2)31(26(9)34(30)27-11-13-45-14-12-27)41(50)55-38-23(6)20(3)33(40(48)49)21(4)24(38)7/h15-17,27,32,45,47H,11-14H2,1-10H3,(H,48,49). The van der Waals surface area contributed by atoms with Gasteiger partial charge in [0.1, 0.15) is 39.0 Å². The summed E-state index contributed by atoms with van der Waals surface area (Å²) in [7, 11) is 1.35. The Balaban J connectivity index is 1.53. The SMILES string of the molecule is COC1=CC(=O)C=C(C)C1C(=O)Oc1c(C)c(C)c(C(=O)Oc2cc(C)c(C(=O)Oc3c(C)c(C)c(C(=O)O)c(C)c3C)c(C)c2C2CCNCC2)c(O)c1Br. The molecule has 1 atom stereocenters. The Morgan fingerprint density at radius 2 is 1.29 bits per heavy atom. The molecule has 3 aromatic rings. The van der Waals surface area contributed by atoms with E-state index in [1.54, 1.807) is 68.4 Å². The number of benzene rings is 3. The Hall–Kier alpha value is -5.27. The normalized spacial score (nSPS) is 15.8. The number of aryl methyl sites for hydroxylation is 1. The number of carboxylic acid groups (broad SMARTS) is 1. The third-order valence-corrected chi connectivity index (χ3v) is 11.8. The number of halogens is 1. The van der Waals surface area contributed by atoms with Gasteiger partial charge in [0.15, 0.2) is 11.5 Å². The second-order valence-electron chi connectivity index (χ2n) is 14.4. The van der Waals surface area contributed by atoms with Crippen LogP contribution >= 0.6 is 15.9 Å².